The standard InChI is InChI=1S/2C14H12.C12H16O2.C9H8O2.C8H8.C8H6.6C2H6/c1-2-5-11(6-3-1)13-8-4-7-12-9-10-14(12)13;1-2-4-11(5-3-1)13-8-6-12-7-9-14(12)10-13;1-2-12(8-13-9-12)10-14-11-6-4-3-5-7-11;1-2-9(10)11-8-6-4-3-5-7-8;2*1-2-8-6-4-3-5-7-8;6*1-2/h1-8H,9-10H2;1-6,8,10H,7,9H2;3-7H,2,8-10H2,1H3;2-7H,1H2;2-7H,1H2;1,3-7H;6*1-2H3. The number of hydrogen-bond acceptors (Lipinski definition) is 4. The molecule has 3 aliphatic rings. The molecule has 1 heterocycles. The lowest BCUT2D eigenvalue weighted by atomic mass is 9.83. The van der Waals surface area contributed by atoms with E-state index in [1.165, 1.54) is 70.2 Å². The van der Waals surface area contributed by atoms with Crippen LogP contribution in [0.2, 0.25) is 0 Å². The molecule has 2 aliphatic carbocycles. The van der Waals surface area contributed by atoms with Crippen molar-refractivity contribution in [2.45, 2.75) is 122 Å². The van der Waals surface area contributed by atoms with Gasteiger partial charge in [-0.3, -0.25) is 0 Å². The predicted molar refractivity (Wildman–Crippen MR) is 355 cm³/mol. The van der Waals surface area contributed by atoms with E-state index >= 15 is 0 Å². The predicted octanol–water partition coefficient (Wildman–Crippen LogP) is 21.3. The largest absolute Gasteiger partial charge is 0.493 e. The van der Waals surface area contributed by atoms with Gasteiger partial charge in [0, 0.05) is 11.6 Å². The molecule has 0 unspecified atom stereocenters. The van der Waals surface area contributed by atoms with Crippen molar-refractivity contribution in [1.82, 2.24) is 0 Å². The summed E-state index contributed by atoms with van der Waals surface area (Å²) in [7, 11) is 0. The smallest absolute Gasteiger partial charge is 0.335 e. The third kappa shape index (κ3) is 28.1. The summed E-state index contributed by atoms with van der Waals surface area (Å²) in [6.07, 6.45) is 14.2. The van der Waals surface area contributed by atoms with Crippen molar-refractivity contribution in [2.24, 2.45) is 5.41 Å². The molecule has 0 N–H and O–H groups in total. The molecule has 430 valence electrons. The van der Waals surface area contributed by atoms with Gasteiger partial charge >= 0.3 is 5.97 Å². The molecule has 0 saturated carbocycles. The summed E-state index contributed by atoms with van der Waals surface area (Å²) in [6, 6.07) is 73.1. The summed E-state index contributed by atoms with van der Waals surface area (Å²) in [6.45, 7) is 35.6. The van der Waals surface area contributed by atoms with Gasteiger partial charge in [-0.05, 0) is 119 Å². The monoisotopic (exact) mass is 1090 g/mol. The van der Waals surface area contributed by atoms with Crippen LogP contribution >= 0.6 is 0 Å². The van der Waals surface area contributed by atoms with Gasteiger partial charge in [0.05, 0.1) is 25.2 Å². The van der Waals surface area contributed by atoms with E-state index < -0.39 is 5.97 Å². The summed E-state index contributed by atoms with van der Waals surface area (Å²) >= 11 is 0. The highest BCUT2D eigenvalue weighted by Crippen LogP contribution is 2.34. The summed E-state index contributed by atoms with van der Waals surface area (Å²) in [4.78, 5) is 10.6. The molecule has 8 aromatic rings. The minimum Gasteiger partial charge on any atom is -0.493 e. The van der Waals surface area contributed by atoms with Gasteiger partial charge in [-0.1, -0.05) is 297 Å². The molecular weight excluding hydrogens is 989 g/mol. The Morgan fingerprint density at radius 2 is 0.963 bits per heavy atom. The Labute approximate surface area is 493 Å². The molecule has 1 saturated heterocycles. The molecule has 81 heavy (non-hydrogen) atoms. The molecule has 0 atom stereocenters. The summed E-state index contributed by atoms with van der Waals surface area (Å²) in [5.41, 5.74) is 14.0. The van der Waals surface area contributed by atoms with Crippen LogP contribution in [0.5, 0.6) is 11.5 Å². The number of carbonyl (C=O) groups excluding carboxylic acids is 1. The van der Waals surface area contributed by atoms with E-state index in [1.54, 1.807) is 29.8 Å². The Kier molecular flexibility index (Phi) is 43.3. The van der Waals surface area contributed by atoms with Gasteiger partial charge in [0.15, 0.2) is 0 Å². The van der Waals surface area contributed by atoms with Gasteiger partial charge in [0.2, 0.25) is 0 Å². The molecule has 4 heteroatoms. The number of carbonyl (C=O) groups is 1. The maximum Gasteiger partial charge on any atom is 0.335 e. The third-order valence-corrected chi connectivity index (χ3v) is 11.9. The van der Waals surface area contributed by atoms with E-state index in [2.05, 4.69) is 123 Å². The van der Waals surface area contributed by atoms with Crippen LogP contribution in [0.25, 0.3) is 28.3 Å². The molecule has 4 nitrogen and oxygen atoms in total. The van der Waals surface area contributed by atoms with Gasteiger partial charge in [-0.2, -0.15) is 0 Å². The number of fused-ring (bicyclic) bond motifs is 2. The van der Waals surface area contributed by atoms with E-state index in [0.29, 0.717) is 5.75 Å². The van der Waals surface area contributed by atoms with Crippen LogP contribution in [-0.2, 0) is 35.2 Å². The molecule has 0 amide bonds. The number of hydrogen-bond donors (Lipinski definition) is 0. The minimum absolute atomic E-state index is 0.274. The number of esters is 1. The maximum atomic E-state index is 10.6. The fourth-order valence-corrected chi connectivity index (χ4v) is 7.44. The number of benzene rings is 8. The Balaban J connectivity index is 0.000000923. The van der Waals surface area contributed by atoms with E-state index in [0.717, 1.165) is 43.6 Å². The average molecular weight is 1090 g/mol. The third-order valence-electron chi connectivity index (χ3n) is 11.9. The zero-order valence-electron chi connectivity index (χ0n) is 51.7. The van der Waals surface area contributed by atoms with Crippen LogP contribution in [0.3, 0.4) is 0 Å². The number of para-hydroxylation sites is 2. The van der Waals surface area contributed by atoms with Gasteiger partial charge in [-0.15, -0.1) is 6.42 Å². The number of terminal acetylenes is 1. The topological polar surface area (TPSA) is 44.8 Å². The lowest BCUT2D eigenvalue weighted by Gasteiger charge is -2.40. The highest BCUT2D eigenvalue weighted by Gasteiger charge is 2.37. The van der Waals surface area contributed by atoms with Crippen LogP contribution < -0.4 is 9.47 Å². The van der Waals surface area contributed by atoms with Crippen LogP contribution in [0, 0.1) is 17.8 Å². The first-order valence-corrected chi connectivity index (χ1v) is 29.6. The number of rotatable bonds is 9. The Bertz CT molecular complexity index is 2790. The first-order chi connectivity index (χ1) is 39.9. The SMILES string of the molecule is C#Cc1ccccc1.C=CC(=O)Oc1ccccc1.C=Cc1ccccc1.CC.CC.CC.CC.CC.CC.CCC1(COc2ccccc2)COC1.c1ccc(-c2ccc3c(c2)CC3)cc1.c1ccc(-c2cccc3c2CC3)cc1. The van der Waals surface area contributed by atoms with Gasteiger partial charge in [0.25, 0.3) is 0 Å². The highest BCUT2D eigenvalue weighted by atomic mass is 16.5. The Morgan fingerprint density at radius 3 is 1.35 bits per heavy atom. The van der Waals surface area contributed by atoms with Crippen LogP contribution in [0.4, 0.5) is 0 Å². The van der Waals surface area contributed by atoms with E-state index in [4.69, 9.17) is 20.6 Å². The van der Waals surface area contributed by atoms with Crippen molar-refractivity contribution < 1.29 is 19.0 Å². The average Bonchev–Trinajstić information content (AvgIpc) is 3.57. The molecule has 0 spiro atoms. The highest BCUT2D eigenvalue weighted by molar-refractivity contribution is 5.83. The van der Waals surface area contributed by atoms with Crippen molar-refractivity contribution in [1.29, 1.82) is 0 Å². The Morgan fingerprint density at radius 1 is 0.506 bits per heavy atom. The summed E-state index contributed by atoms with van der Waals surface area (Å²) < 4.78 is 15.8. The quantitative estimate of drug-likeness (QED) is 0.0625. The van der Waals surface area contributed by atoms with Gasteiger partial charge in [0.1, 0.15) is 11.5 Å². The van der Waals surface area contributed by atoms with Gasteiger partial charge < -0.3 is 14.2 Å². The number of aryl methyl sites for hydroxylation is 3. The fraction of sp³-hybridized carbons (Fsp3) is 0.286. The second-order valence-corrected chi connectivity index (χ2v) is 16.7. The minimum atomic E-state index is -0.434. The van der Waals surface area contributed by atoms with Gasteiger partial charge in [-0.25, -0.2) is 4.79 Å². The van der Waals surface area contributed by atoms with E-state index in [9.17, 15) is 4.79 Å². The molecule has 0 aromatic heterocycles. The van der Waals surface area contributed by atoms with Crippen molar-refractivity contribution in [2.75, 3.05) is 19.8 Å². The van der Waals surface area contributed by atoms with Crippen LogP contribution in [0.15, 0.2) is 238 Å². The van der Waals surface area contributed by atoms with Crippen molar-refractivity contribution in [3.05, 3.63) is 271 Å². The van der Waals surface area contributed by atoms with Crippen molar-refractivity contribution in [3.8, 4) is 46.1 Å². The second-order valence-electron chi connectivity index (χ2n) is 16.7. The zero-order valence-corrected chi connectivity index (χ0v) is 51.7. The number of ether oxygens (including phenoxy) is 3. The molecule has 8 aromatic carbocycles. The lowest BCUT2D eigenvalue weighted by Crippen LogP contribution is -2.46. The molecule has 1 aliphatic heterocycles. The first-order valence-electron chi connectivity index (χ1n) is 29.6. The fourth-order valence-electron chi connectivity index (χ4n) is 7.44. The summed E-state index contributed by atoms with van der Waals surface area (Å²) in [5.74, 6) is 3.58. The summed E-state index contributed by atoms with van der Waals surface area (Å²) in [5, 5.41) is 0. The zero-order chi connectivity index (χ0) is 60.4. The Hall–Kier alpha value is -7.97. The molecule has 11 rings (SSSR count). The van der Waals surface area contributed by atoms with Crippen LogP contribution in [0.1, 0.15) is 130 Å². The molecule has 0 radical (unpaired) electrons. The van der Waals surface area contributed by atoms with Crippen LogP contribution in [-0.4, -0.2) is 25.8 Å². The molecular formula is C77H98O4. The van der Waals surface area contributed by atoms with Crippen molar-refractivity contribution in [3.63, 3.8) is 0 Å². The van der Waals surface area contributed by atoms with Crippen molar-refractivity contribution >= 4 is 12.0 Å². The normalized spacial score (nSPS) is 11.0. The lowest BCUT2D eigenvalue weighted by molar-refractivity contribution is -0.133. The van der Waals surface area contributed by atoms with E-state index in [1.807, 2.05) is 186 Å². The molecule has 0 bridgehead atoms. The second kappa shape index (κ2) is 48.0. The molecule has 1 fully saturated rings. The maximum absolute atomic E-state index is 10.6. The first kappa shape index (κ1) is 73.0. The van der Waals surface area contributed by atoms with E-state index in [-0.39, 0.29) is 5.41 Å².